The summed E-state index contributed by atoms with van der Waals surface area (Å²) in [5.74, 6) is 0.235. The molecule has 0 saturated heterocycles. The van der Waals surface area contributed by atoms with Crippen LogP contribution in [0.2, 0.25) is 0 Å². The third-order valence-corrected chi connectivity index (χ3v) is 1.68. The molecule has 1 heterocycles. The van der Waals surface area contributed by atoms with E-state index in [9.17, 15) is 10.1 Å². The minimum absolute atomic E-state index is 0.0376. The molecule has 1 aromatic heterocycles. The number of pyridine rings is 1. The van der Waals surface area contributed by atoms with E-state index >= 15 is 0 Å². The van der Waals surface area contributed by atoms with Crippen LogP contribution in [0.25, 0.3) is 0 Å². The molecule has 0 aliphatic carbocycles. The summed E-state index contributed by atoms with van der Waals surface area (Å²) in [6.07, 6.45) is 0. The smallest absolute Gasteiger partial charge is 0.298 e. The predicted molar refractivity (Wildman–Crippen MR) is 53.3 cm³/mol. The van der Waals surface area contributed by atoms with Gasteiger partial charge >= 0.3 is 0 Å². The molecular weight excluding hydrogens is 206 g/mol. The van der Waals surface area contributed by atoms with Crippen molar-refractivity contribution in [1.29, 1.82) is 0 Å². The Bertz CT molecular complexity index is 394. The average Bonchev–Trinajstić information content (AvgIpc) is 2.16. The van der Waals surface area contributed by atoms with Crippen molar-refractivity contribution in [3.05, 3.63) is 27.9 Å². The molecule has 14 heavy (non-hydrogen) atoms. The van der Waals surface area contributed by atoms with E-state index in [-0.39, 0.29) is 22.2 Å². The highest BCUT2D eigenvalue weighted by atomic mass is 32.1. The van der Waals surface area contributed by atoms with Crippen LogP contribution in [-0.2, 0) is 0 Å². The molecule has 0 atom stereocenters. The molecule has 0 fully saturated rings. The third-order valence-electron chi connectivity index (χ3n) is 1.49. The third kappa shape index (κ3) is 1.94. The Kier molecular flexibility index (Phi) is 2.92. The number of ether oxygens (including phenoxy) is 1. The molecule has 7 heteroatoms. The highest BCUT2D eigenvalue weighted by Crippen LogP contribution is 2.19. The van der Waals surface area contributed by atoms with Gasteiger partial charge in [0, 0.05) is 12.1 Å². The van der Waals surface area contributed by atoms with Crippen LogP contribution in [0.15, 0.2) is 12.1 Å². The number of methoxy groups -OCH3 is 1. The maximum atomic E-state index is 10.5. The summed E-state index contributed by atoms with van der Waals surface area (Å²) >= 11 is 4.63. The lowest BCUT2D eigenvalue weighted by Gasteiger charge is -2.02. The first-order valence-electron chi connectivity index (χ1n) is 3.55. The molecular formula is C7H7N3O3S. The van der Waals surface area contributed by atoms with Gasteiger partial charge in [-0.1, -0.05) is 12.2 Å². The topological polar surface area (TPSA) is 91.3 Å². The number of thiocarbonyl (C=S) groups is 1. The van der Waals surface area contributed by atoms with Crippen LogP contribution in [0.5, 0.6) is 5.88 Å². The zero-order valence-corrected chi connectivity index (χ0v) is 8.08. The van der Waals surface area contributed by atoms with E-state index in [1.54, 1.807) is 0 Å². The van der Waals surface area contributed by atoms with Gasteiger partial charge in [0.25, 0.3) is 5.69 Å². The Morgan fingerprint density at radius 2 is 2.36 bits per heavy atom. The molecule has 0 aromatic carbocycles. The molecule has 1 rings (SSSR count). The van der Waals surface area contributed by atoms with Crippen molar-refractivity contribution in [3.63, 3.8) is 0 Å². The quantitative estimate of drug-likeness (QED) is 0.450. The summed E-state index contributed by atoms with van der Waals surface area (Å²) < 4.78 is 4.79. The summed E-state index contributed by atoms with van der Waals surface area (Å²) in [5, 5.41) is 10.5. The zero-order chi connectivity index (χ0) is 10.7. The molecule has 2 N–H and O–H groups in total. The van der Waals surface area contributed by atoms with Gasteiger partial charge in [0.05, 0.1) is 12.0 Å². The van der Waals surface area contributed by atoms with Gasteiger partial charge in [-0.2, -0.15) is 0 Å². The normalized spacial score (nSPS) is 9.50. The number of aromatic nitrogens is 1. The first-order valence-corrected chi connectivity index (χ1v) is 3.96. The molecule has 0 amide bonds. The minimum Gasteiger partial charge on any atom is -0.481 e. The van der Waals surface area contributed by atoms with Crippen molar-refractivity contribution in [1.82, 2.24) is 4.98 Å². The Morgan fingerprint density at radius 3 is 2.79 bits per heavy atom. The van der Waals surface area contributed by atoms with Crippen LogP contribution in [0, 0.1) is 10.1 Å². The Morgan fingerprint density at radius 1 is 1.71 bits per heavy atom. The summed E-state index contributed by atoms with van der Waals surface area (Å²) in [5.41, 5.74) is 5.02. The molecule has 0 radical (unpaired) electrons. The van der Waals surface area contributed by atoms with Gasteiger partial charge in [-0.15, -0.1) is 0 Å². The number of hydrogen-bond acceptors (Lipinski definition) is 5. The second kappa shape index (κ2) is 3.97. The van der Waals surface area contributed by atoms with Crippen molar-refractivity contribution < 1.29 is 9.66 Å². The number of hydrogen-bond donors (Lipinski definition) is 1. The molecule has 1 aromatic rings. The highest BCUT2D eigenvalue weighted by molar-refractivity contribution is 7.80. The van der Waals surface area contributed by atoms with Gasteiger partial charge in [0.1, 0.15) is 4.99 Å². The van der Waals surface area contributed by atoms with Crippen molar-refractivity contribution >= 4 is 22.9 Å². The van der Waals surface area contributed by atoms with E-state index in [2.05, 4.69) is 17.2 Å². The van der Waals surface area contributed by atoms with Crippen LogP contribution in [-0.4, -0.2) is 22.0 Å². The van der Waals surface area contributed by atoms with Gasteiger partial charge in [-0.05, 0) is 0 Å². The van der Waals surface area contributed by atoms with Gasteiger partial charge < -0.3 is 10.5 Å². The van der Waals surface area contributed by atoms with Gasteiger partial charge in [-0.25, -0.2) is 4.98 Å². The van der Waals surface area contributed by atoms with Crippen molar-refractivity contribution in [2.24, 2.45) is 5.73 Å². The van der Waals surface area contributed by atoms with Crippen LogP contribution in [0.4, 0.5) is 5.69 Å². The summed E-state index contributed by atoms with van der Waals surface area (Å²) in [6.45, 7) is 0. The fourth-order valence-electron chi connectivity index (χ4n) is 0.876. The summed E-state index contributed by atoms with van der Waals surface area (Å²) in [7, 11) is 1.40. The lowest BCUT2D eigenvalue weighted by molar-refractivity contribution is -0.385. The van der Waals surface area contributed by atoms with E-state index in [0.717, 1.165) is 0 Å². The van der Waals surface area contributed by atoms with Gasteiger partial charge in [0.2, 0.25) is 5.88 Å². The molecule has 0 unspecified atom stereocenters. The van der Waals surface area contributed by atoms with Crippen LogP contribution < -0.4 is 10.5 Å². The van der Waals surface area contributed by atoms with E-state index in [0.29, 0.717) is 0 Å². The molecule has 0 bridgehead atoms. The van der Waals surface area contributed by atoms with Crippen molar-refractivity contribution in [2.45, 2.75) is 0 Å². The van der Waals surface area contributed by atoms with E-state index < -0.39 is 4.92 Å². The van der Waals surface area contributed by atoms with Crippen LogP contribution >= 0.6 is 12.2 Å². The molecule has 0 aliphatic heterocycles. The Hall–Kier alpha value is -1.76. The van der Waals surface area contributed by atoms with Crippen LogP contribution in [0.3, 0.4) is 0 Å². The molecule has 6 nitrogen and oxygen atoms in total. The monoisotopic (exact) mass is 213 g/mol. The largest absolute Gasteiger partial charge is 0.481 e. The molecule has 74 valence electrons. The number of rotatable bonds is 3. The minimum atomic E-state index is -0.596. The lowest BCUT2D eigenvalue weighted by Crippen LogP contribution is -2.14. The SMILES string of the molecule is COc1ccc([N+](=O)[O-])c(C(N)=S)n1. The Balaban J connectivity index is 3.31. The van der Waals surface area contributed by atoms with E-state index in [1.807, 2.05) is 0 Å². The number of nitrogens with zero attached hydrogens (tertiary/aromatic N) is 2. The fraction of sp³-hybridized carbons (Fsp3) is 0.143. The summed E-state index contributed by atoms with van der Waals surface area (Å²) in [6, 6.07) is 2.63. The van der Waals surface area contributed by atoms with Gasteiger partial charge in [-0.3, -0.25) is 10.1 Å². The van der Waals surface area contributed by atoms with Crippen LogP contribution in [0.1, 0.15) is 5.69 Å². The molecule has 0 spiro atoms. The van der Waals surface area contributed by atoms with Crippen molar-refractivity contribution in [3.8, 4) is 5.88 Å². The fourth-order valence-corrected chi connectivity index (χ4v) is 1.03. The average molecular weight is 213 g/mol. The maximum Gasteiger partial charge on any atom is 0.298 e. The first kappa shape index (κ1) is 10.3. The number of nitrogens with two attached hydrogens (primary N) is 1. The second-order valence-corrected chi connectivity index (χ2v) is 2.78. The molecule has 0 aliphatic rings. The Labute approximate surface area is 84.8 Å². The predicted octanol–water partition coefficient (Wildman–Crippen LogP) is 0.633. The standard InChI is InChI=1S/C7H7N3O3S/c1-13-5-3-2-4(10(11)12)6(9-5)7(8)14/h2-3H,1H3,(H2,8,14). The summed E-state index contributed by atoms with van der Waals surface area (Å²) in [4.78, 5) is 13.6. The molecule has 0 saturated carbocycles. The number of nitro groups is 1. The van der Waals surface area contributed by atoms with Gasteiger partial charge in [0.15, 0.2) is 5.69 Å². The second-order valence-electron chi connectivity index (χ2n) is 2.34. The highest BCUT2D eigenvalue weighted by Gasteiger charge is 2.18. The van der Waals surface area contributed by atoms with E-state index in [4.69, 9.17) is 10.5 Å². The lowest BCUT2D eigenvalue weighted by atomic mass is 10.3. The first-order chi connectivity index (χ1) is 6.56. The van der Waals surface area contributed by atoms with Crippen molar-refractivity contribution in [2.75, 3.05) is 7.11 Å². The maximum absolute atomic E-state index is 10.5. The zero-order valence-electron chi connectivity index (χ0n) is 7.26. The van der Waals surface area contributed by atoms with E-state index in [1.165, 1.54) is 19.2 Å².